The van der Waals surface area contributed by atoms with Crippen molar-refractivity contribution in [3.8, 4) is 0 Å². The summed E-state index contributed by atoms with van der Waals surface area (Å²) in [5.41, 5.74) is 1.53. The van der Waals surface area contributed by atoms with E-state index in [1.807, 2.05) is 18.5 Å². The van der Waals surface area contributed by atoms with E-state index in [2.05, 4.69) is 39.9 Å². The first kappa shape index (κ1) is 16.8. The molecule has 0 aliphatic carbocycles. The van der Waals surface area contributed by atoms with Crippen molar-refractivity contribution in [1.82, 2.24) is 14.8 Å². The van der Waals surface area contributed by atoms with Crippen molar-refractivity contribution in [2.24, 2.45) is 11.3 Å². The van der Waals surface area contributed by atoms with Crippen molar-refractivity contribution in [3.63, 3.8) is 0 Å². The maximum absolute atomic E-state index is 6.05. The highest BCUT2D eigenvalue weighted by molar-refractivity contribution is 5.10. The lowest BCUT2D eigenvalue weighted by Crippen LogP contribution is -2.43. The molecule has 4 rings (SSSR count). The first-order chi connectivity index (χ1) is 12.2. The number of nitrogens with zero attached hydrogens (tertiary/aromatic N) is 3. The molecule has 25 heavy (non-hydrogen) atoms. The van der Waals surface area contributed by atoms with Gasteiger partial charge in [-0.15, -0.1) is 0 Å². The van der Waals surface area contributed by atoms with E-state index in [1.165, 1.54) is 5.56 Å². The number of hydrogen-bond acceptors (Lipinski definition) is 5. The second-order valence-electron chi connectivity index (χ2n) is 7.63. The summed E-state index contributed by atoms with van der Waals surface area (Å²) in [7, 11) is 0. The molecule has 2 atom stereocenters. The van der Waals surface area contributed by atoms with E-state index in [0.29, 0.717) is 5.92 Å². The van der Waals surface area contributed by atoms with Crippen molar-refractivity contribution < 1.29 is 9.15 Å². The summed E-state index contributed by atoms with van der Waals surface area (Å²) in [6.07, 6.45) is 5.52. The second kappa shape index (κ2) is 7.28. The molecule has 2 saturated heterocycles. The Hall–Kier alpha value is -1.69. The van der Waals surface area contributed by atoms with Crippen molar-refractivity contribution in [3.05, 3.63) is 54.2 Å². The molecule has 0 saturated carbocycles. The summed E-state index contributed by atoms with van der Waals surface area (Å²) >= 11 is 0. The second-order valence-corrected chi connectivity index (χ2v) is 7.63. The number of hydrogen-bond donors (Lipinski definition) is 0. The topological polar surface area (TPSA) is 41.7 Å². The smallest absolute Gasteiger partial charge is 0.117 e. The minimum absolute atomic E-state index is 0.204. The standard InChI is InChI=1S/C20H27N3O2/c1-17-11-23(13-19-3-2-9-25-19)15-20(17)14-22(8-10-24-16-20)12-18-4-6-21-7-5-18/h2-7,9,17H,8,10-16H2,1H3/t17-,20-/m1/s1. The molecular weight excluding hydrogens is 314 g/mol. The summed E-state index contributed by atoms with van der Waals surface area (Å²) in [6.45, 7) is 10.2. The van der Waals surface area contributed by atoms with Crippen LogP contribution in [-0.4, -0.2) is 54.2 Å². The first-order valence-electron chi connectivity index (χ1n) is 9.17. The zero-order chi connectivity index (χ0) is 17.1. The fraction of sp³-hybridized carbons (Fsp3) is 0.550. The van der Waals surface area contributed by atoms with E-state index < -0.39 is 0 Å². The molecule has 5 nitrogen and oxygen atoms in total. The van der Waals surface area contributed by atoms with Crippen LogP contribution >= 0.6 is 0 Å². The predicted octanol–water partition coefficient (Wildman–Crippen LogP) is 2.65. The lowest BCUT2D eigenvalue weighted by Gasteiger charge is -2.35. The van der Waals surface area contributed by atoms with Crippen molar-refractivity contribution in [1.29, 1.82) is 0 Å². The van der Waals surface area contributed by atoms with Crippen molar-refractivity contribution >= 4 is 0 Å². The Morgan fingerprint density at radius 1 is 1.16 bits per heavy atom. The number of furan rings is 1. The van der Waals surface area contributed by atoms with Gasteiger partial charge in [-0.05, 0) is 35.7 Å². The Morgan fingerprint density at radius 3 is 2.80 bits per heavy atom. The van der Waals surface area contributed by atoms with Crippen LogP contribution in [0.4, 0.5) is 0 Å². The minimum Gasteiger partial charge on any atom is -0.468 e. The fourth-order valence-electron chi connectivity index (χ4n) is 4.30. The van der Waals surface area contributed by atoms with Gasteiger partial charge in [0, 0.05) is 50.5 Å². The monoisotopic (exact) mass is 341 g/mol. The average Bonchev–Trinajstić information content (AvgIpc) is 3.15. The molecule has 2 aromatic heterocycles. The largest absolute Gasteiger partial charge is 0.468 e. The molecule has 2 aliphatic rings. The Labute approximate surface area is 149 Å². The Bertz CT molecular complexity index is 661. The molecule has 4 heterocycles. The van der Waals surface area contributed by atoms with Gasteiger partial charge in [0.2, 0.25) is 0 Å². The van der Waals surface area contributed by atoms with Crippen LogP contribution in [0.25, 0.3) is 0 Å². The minimum atomic E-state index is 0.204. The molecule has 0 amide bonds. The third-order valence-electron chi connectivity index (χ3n) is 5.71. The van der Waals surface area contributed by atoms with Gasteiger partial charge in [-0.2, -0.15) is 0 Å². The van der Waals surface area contributed by atoms with Gasteiger partial charge >= 0.3 is 0 Å². The van der Waals surface area contributed by atoms with Gasteiger partial charge in [0.05, 0.1) is 26.0 Å². The van der Waals surface area contributed by atoms with Crippen LogP contribution in [0.15, 0.2) is 47.3 Å². The van der Waals surface area contributed by atoms with E-state index in [4.69, 9.17) is 9.15 Å². The van der Waals surface area contributed by atoms with E-state index in [9.17, 15) is 0 Å². The van der Waals surface area contributed by atoms with Gasteiger partial charge in [-0.3, -0.25) is 14.8 Å². The number of ether oxygens (including phenoxy) is 1. The number of pyridine rings is 1. The van der Waals surface area contributed by atoms with Crippen LogP contribution in [-0.2, 0) is 17.8 Å². The Kier molecular flexibility index (Phi) is 4.88. The molecule has 0 N–H and O–H groups in total. The lowest BCUT2D eigenvalue weighted by atomic mass is 9.79. The zero-order valence-electron chi connectivity index (χ0n) is 14.9. The molecule has 134 valence electrons. The molecule has 0 radical (unpaired) electrons. The van der Waals surface area contributed by atoms with Crippen molar-refractivity contribution in [2.75, 3.05) is 39.4 Å². The third-order valence-corrected chi connectivity index (χ3v) is 5.71. The summed E-state index contributed by atoms with van der Waals surface area (Å²) in [5.74, 6) is 1.66. The maximum atomic E-state index is 6.05. The number of rotatable bonds is 4. The Morgan fingerprint density at radius 2 is 2.00 bits per heavy atom. The molecule has 0 bridgehead atoms. The van der Waals surface area contributed by atoms with Crippen LogP contribution in [0.3, 0.4) is 0 Å². The molecule has 5 heteroatoms. The quantitative estimate of drug-likeness (QED) is 0.855. The molecular formula is C20H27N3O2. The van der Waals surface area contributed by atoms with Gasteiger partial charge in [-0.1, -0.05) is 6.92 Å². The van der Waals surface area contributed by atoms with E-state index in [0.717, 1.165) is 58.2 Å². The summed E-state index contributed by atoms with van der Waals surface area (Å²) < 4.78 is 11.6. The van der Waals surface area contributed by atoms with E-state index in [1.54, 1.807) is 6.26 Å². The summed E-state index contributed by atoms with van der Waals surface area (Å²) in [5, 5.41) is 0. The van der Waals surface area contributed by atoms with Gasteiger partial charge < -0.3 is 9.15 Å². The molecule has 1 spiro atoms. The molecule has 0 aromatic carbocycles. The van der Waals surface area contributed by atoms with Gasteiger partial charge in [0.15, 0.2) is 0 Å². The molecule has 0 unspecified atom stereocenters. The highest BCUT2D eigenvalue weighted by atomic mass is 16.5. The predicted molar refractivity (Wildman–Crippen MR) is 95.9 cm³/mol. The molecule has 2 aromatic rings. The van der Waals surface area contributed by atoms with E-state index >= 15 is 0 Å². The normalized spacial score (nSPS) is 28.4. The fourth-order valence-corrected chi connectivity index (χ4v) is 4.30. The third kappa shape index (κ3) is 3.78. The maximum Gasteiger partial charge on any atom is 0.117 e. The SMILES string of the molecule is C[C@@H]1CN(Cc2ccco2)C[C@]12COCCN(Cc1ccncc1)C2. The van der Waals surface area contributed by atoms with Crippen LogP contribution in [0.1, 0.15) is 18.2 Å². The highest BCUT2D eigenvalue weighted by Gasteiger charge is 2.46. The lowest BCUT2D eigenvalue weighted by molar-refractivity contribution is 0.0497. The van der Waals surface area contributed by atoms with Crippen LogP contribution in [0, 0.1) is 11.3 Å². The first-order valence-corrected chi connectivity index (χ1v) is 9.17. The summed E-state index contributed by atoms with van der Waals surface area (Å²) in [4.78, 5) is 9.19. The van der Waals surface area contributed by atoms with Gasteiger partial charge in [-0.25, -0.2) is 0 Å². The summed E-state index contributed by atoms with van der Waals surface area (Å²) in [6, 6.07) is 8.25. The van der Waals surface area contributed by atoms with E-state index in [-0.39, 0.29) is 5.41 Å². The Balaban J connectivity index is 1.45. The number of likely N-dealkylation sites (tertiary alicyclic amines) is 1. The molecule has 2 aliphatic heterocycles. The average molecular weight is 341 g/mol. The van der Waals surface area contributed by atoms with Gasteiger partial charge in [0.25, 0.3) is 0 Å². The van der Waals surface area contributed by atoms with Crippen molar-refractivity contribution in [2.45, 2.75) is 20.0 Å². The van der Waals surface area contributed by atoms with Crippen LogP contribution in [0.5, 0.6) is 0 Å². The highest BCUT2D eigenvalue weighted by Crippen LogP contribution is 2.39. The van der Waals surface area contributed by atoms with Crippen LogP contribution in [0.2, 0.25) is 0 Å². The zero-order valence-corrected chi connectivity index (χ0v) is 14.9. The van der Waals surface area contributed by atoms with Gasteiger partial charge in [0.1, 0.15) is 5.76 Å². The molecule has 2 fully saturated rings. The van der Waals surface area contributed by atoms with Crippen LogP contribution < -0.4 is 0 Å². The number of aromatic nitrogens is 1.